The fourth-order valence-corrected chi connectivity index (χ4v) is 2.37. The number of fused-ring (bicyclic) bond motifs is 1. The molecule has 0 aliphatic carbocycles. The molecule has 0 radical (unpaired) electrons. The van der Waals surface area contributed by atoms with Crippen molar-refractivity contribution in [2.75, 3.05) is 23.4 Å². The molecule has 0 spiro atoms. The fraction of sp³-hybridized carbons (Fsp3) is 0.250. The molecular formula is C16H19N7. The van der Waals surface area contributed by atoms with Crippen LogP contribution < -0.4 is 10.3 Å². The SMILES string of the molecule is CCN(CC)c1cc(N/N=C/c2[nH]nc3ccccc23)ncn1. The van der Waals surface area contributed by atoms with Gasteiger partial charge in [0.25, 0.3) is 0 Å². The zero-order chi connectivity index (χ0) is 16.1. The second kappa shape index (κ2) is 6.87. The molecule has 2 heterocycles. The average molecular weight is 309 g/mol. The number of aromatic nitrogens is 4. The summed E-state index contributed by atoms with van der Waals surface area (Å²) in [5, 5.41) is 12.5. The van der Waals surface area contributed by atoms with E-state index in [1.807, 2.05) is 30.3 Å². The van der Waals surface area contributed by atoms with Crippen LogP contribution in [-0.4, -0.2) is 39.5 Å². The second-order valence-electron chi connectivity index (χ2n) is 4.96. The third-order valence-corrected chi connectivity index (χ3v) is 3.60. The van der Waals surface area contributed by atoms with Crippen molar-refractivity contribution in [3.05, 3.63) is 42.4 Å². The zero-order valence-corrected chi connectivity index (χ0v) is 13.2. The van der Waals surface area contributed by atoms with Crippen molar-refractivity contribution in [2.45, 2.75) is 13.8 Å². The van der Waals surface area contributed by atoms with Crippen molar-refractivity contribution >= 4 is 28.8 Å². The first-order valence-electron chi connectivity index (χ1n) is 7.61. The van der Waals surface area contributed by atoms with Gasteiger partial charge in [-0.15, -0.1) is 0 Å². The number of aromatic amines is 1. The summed E-state index contributed by atoms with van der Waals surface area (Å²) < 4.78 is 0. The standard InChI is InChI=1S/C16H19N7/c1-3-23(4-2)16-9-15(17-11-18-16)22-19-10-14-12-7-5-6-8-13(12)20-21-14/h5-11H,3-4H2,1-2H3,(H,20,21)(H,17,18,22)/b19-10+. The van der Waals surface area contributed by atoms with Gasteiger partial charge in [0.05, 0.1) is 17.4 Å². The summed E-state index contributed by atoms with van der Waals surface area (Å²) in [5.74, 6) is 1.54. The van der Waals surface area contributed by atoms with Gasteiger partial charge in [-0.1, -0.05) is 18.2 Å². The summed E-state index contributed by atoms with van der Waals surface area (Å²) >= 11 is 0. The number of benzene rings is 1. The van der Waals surface area contributed by atoms with E-state index < -0.39 is 0 Å². The molecule has 0 aliphatic rings. The van der Waals surface area contributed by atoms with E-state index in [1.54, 1.807) is 6.21 Å². The maximum Gasteiger partial charge on any atom is 0.151 e. The third-order valence-electron chi connectivity index (χ3n) is 3.60. The summed E-state index contributed by atoms with van der Waals surface area (Å²) in [6.45, 7) is 5.99. The first-order chi connectivity index (χ1) is 11.3. The molecule has 2 N–H and O–H groups in total. The lowest BCUT2D eigenvalue weighted by Crippen LogP contribution is -2.23. The van der Waals surface area contributed by atoms with Gasteiger partial charge in [-0.3, -0.25) is 10.5 Å². The van der Waals surface area contributed by atoms with Crippen LogP contribution in [0.3, 0.4) is 0 Å². The van der Waals surface area contributed by atoms with E-state index in [9.17, 15) is 0 Å². The highest BCUT2D eigenvalue weighted by Crippen LogP contribution is 2.15. The Bertz CT molecular complexity index is 805. The highest BCUT2D eigenvalue weighted by molar-refractivity contribution is 5.96. The minimum absolute atomic E-state index is 0.655. The monoisotopic (exact) mass is 309 g/mol. The number of hydrogen-bond donors (Lipinski definition) is 2. The number of hydrogen-bond acceptors (Lipinski definition) is 6. The Morgan fingerprint density at radius 2 is 2.04 bits per heavy atom. The predicted octanol–water partition coefficient (Wildman–Crippen LogP) is 2.65. The quantitative estimate of drug-likeness (QED) is 0.540. The molecule has 0 aliphatic heterocycles. The minimum Gasteiger partial charge on any atom is -0.357 e. The number of rotatable bonds is 6. The minimum atomic E-state index is 0.655. The Hall–Kier alpha value is -2.96. The number of para-hydroxylation sites is 1. The van der Waals surface area contributed by atoms with Crippen LogP contribution in [0.4, 0.5) is 11.6 Å². The van der Waals surface area contributed by atoms with Crippen LogP contribution in [0, 0.1) is 0 Å². The van der Waals surface area contributed by atoms with E-state index in [2.05, 4.69) is 49.4 Å². The largest absolute Gasteiger partial charge is 0.357 e. The molecule has 7 heteroatoms. The maximum atomic E-state index is 4.29. The van der Waals surface area contributed by atoms with Crippen molar-refractivity contribution < 1.29 is 0 Å². The second-order valence-corrected chi connectivity index (χ2v) is 4.96. The van der Waals surface area contributed by atoms with Gasteiger partial charge in [0, 0.05) is 24.5 Å². The molecule has 3 rings (SSSR count). The lowest BCUT2D eigenvalue weighted by atomic mass is 10.2. The molecule has 0 bridgehead atoms. The van der Waals surface area contributed by atoms with Crippen LogP contribution in [0.2, 0.25) is 0 Å². The smallest absolute Gasteiger partial charge is 0.151 e. The van der Waals surface area contributed by atoms with Gasteiger partial charge in [0.1, 0.15) is 12.1 Å². The topological polar surface area (TPSA) is 82.1 Å². The summed E-state index contributed by atoms with van der Waals surface area (Å²) in [6.07, 6.45) is 3.24. The van der Waals surface area contributed by atoms with Gasteiger partial charge in [-0.2, -0.15) is 10.2 Å². The van der Waals surface area contributed by atoms with Crippen molar-refractivity contribution in [2.24, 2.45) is 5.10 Å². The van der Waals surface area contributed by atoms with Crippen molar-refractivity contribution in [3.63, 3.8) is 0 Å². The van der Waals surface area contributed by atoms with Gasteiger partial charge in [-0.25, -0.2) is 9.97 Å². The molecule has 1 aromatic carbocycles. The summed E-state index contributed by atoms with van der Waals surface area (Å²) in [6, 6.07) is 9.78. The highest BCUT2D eigenvalue weighted by Gasteiger charge is 2.05. The number of nitrogens with one attached hydrogen (secondary N) is 2. The van der Waals surface area contributed by atoms with Crippen LogP contribution in [0.25, 0.3) is 10.9 Å². The third kappa shape index (κ3) is 3.28. The first kappa shape index (κ1) is 15.0. The van der Waals surface area contributed by atoms with Crippen LogP contribution in [-0.2, 0) is 0 Å². The Morgan fingerprint density at radius 1 is 1.22 bits per heavy atom. The van der Waals surface area contributed by atoms with Gasteiger partial charge in [0.2, 0.25) is 0 Å². The van der Waals surface area contributed by atoms with E-state index in [-0.39, 0.29) is 0 Å². The molecule has 118 valence electrons. The fourth-order valence-electron chi connectivity index (χ4n) is 2.37. The Labute approximate surface area is 134 Å². The number of H-pyrrole nitrogens is 1. The van der Waals surface area contributed by atoms with E-state index in [4.69, 9.17) is 0 Å². The maximum absolute atomic E-state index is 4.29. The van der Waals surface area contributed by atoms with Gasteiger partial charge >= 0.3 is 0 Å². The molecule has 3 aromatic rings. The highest BCUT2D eigenvalue weighted by atomic mass is 15.3. The van der Waals surface area contributed by atoms with E-state index >= 15 is 0 Å². The average Bonchev–Trinajstić information content (AvgIpc) is 3.00. The van der Waals surface area contributed by atoms with Gasteiger partial charge in [0.15, 0.2) is 5.82 Å². The Balaban J connectivity index is 1.74. The number of nitrogens with zero attached hydrogens (tertiary/aromatic N) is 5. The molecule has 0 amide bonds. The Kier molecular flexibility index (Phi) is 4.46. The molecule has 23 heavy (non-hydrogen) atoms. The number of hydrazone groups is 1. The van der Waals surface area contributed by atoms with Gasteiger partial charge < -0.3 is 4.90 Å². The molecular weight excluding hydrogens is 290 g/mol. The molecule has 0 saturated carbocycles. The van der Waals surface area contributed by atoms with Crippen molar-refractivity contribution in [3.8, 4) is 0 Å². The molecule has 0 saturated heterocycles. The predicted molar refractivity (Wildman–Crippen MR) is 92.9 cm³/mol. The van der Waals surface area contributed by atoms with Crippen LogP contribution in [0.5, 0.6) is 0 Å². The van der Waals surface area contributed by atoms with Crippen molar-refractivity contribution in [1.82, 2.24) is 20.2 Å². The number of anilines is 2. The molecule has 7 nitrogen and oxygen atoms in total. The van der Waals surface area contributed by atoms with E-state index in [1.165, 1.54) is 6.33 Å². The van der Waals surface area contributed by atoms with Crippen LogP contribution in [0.1, 0.15) is 19.5 Å². The summed E-state index contributed by atoms with van der Waals surface area (Å²) in [5.41, 5.74) is 4.70. The van der Waals surface area contributed by atoms with Crippen LogP contribution >= 0.6 is 0 Å². The summed E-state index contributed by atoms with van der Waals surface area (Å²) in [7, 11) is 0. The first-order valence-corrected chi connectivity index (χ1v) is 7.61. The van der Waals surface area contributed by atoms with Crippen LogP contribution in [0.15, 0.2) is 41.8 Å². The van der Waals surface area contributed by atoms with E-state index in [0.29, 0.717) is 5.82 Å². The summed E-state index contributed by atoms with van der Waals surface area (Å²) in [4.78, 5) is 10.6. The Morgan fingerprint density at radius 3 is 2.87 bits per heavy atom. The molecule has 0 unspecified atom stereocenters. The molecule has 0 fully saturated rings. The van der Waals surface area contributed by atoms with Gasteiger partial charge in [-0.05, 0) is 19.9 Å². The van der Waals surface area contributed by atoms with Crippen molar-refractivity contribution in [1.29, 1.82) is 0 Å². The van der Waals surface area contributed by atoms with E-state index in [0.717, 1.165) is 35.5 Å². The normalized spacial score (nSPS) is 11.2. The molecule has 2 aromatic heterocycles. The lowest BCUT2D eigenvalue weighted by molar-refractivity contribution is 0.841. The molecule has 0 atom stereocenters. The lowest BCUT2D eigenvalue weighted by Gasteiger charge is -2.19. The zero-order valence-electron chi connectivity index (χ0n) is 13.2.